The number of hydrogen-bond acceptors (Lipinski definition) is 5. The van der Waals surface area contributed by atoms with E-state index in [9.17, 15) is 22.8 Å². The highest BCUT2D eigenvalue weighted by Gasteiger charge is 2.30. The molecule has 10 heteroatoms. The number of carbonyl (C=O) groups excluding carboxylic acids is 1. The Balaban J connectivity index is 2.01. The molecule has 2 heterocycles. The van der Waals surface area contributed by atoms with Gasteiger partial charge in [-0.3, -0.25) is 14.6 Å². The lowest BCUT2D eigenvalue weighted by atomic mass is 10.1. The Morgan fingerprint density at radius 1 is 1.29 bits per heavy atom. The van der Waals surface area contributed by atoms with Crippen LogP contribution in [0.15, 0.2) is 53.4 Å². The van der Waals surface area contributed by atoms with Crippen LogP contribution in [-0.4, -0.2) is 38.6 Å². The van der Waals surface area contributed by atoms with Gasteiger partial charge in [0.05, 0.1) is 11.8 Å². The summed E-state index contributed by atoms with van der Waals surface area (Å²) in [5.74, 6) is -0.897. The molecule has 0 bridgehead atoms. The normalized spacial score (nSPS) is 13.5. The van der Waals surface area contributed by atoms with Crippen LogP contribution in [0.4, 0.5) is 13.2 Å². The van der Waals surface area contributed by atoms with Crippen LogP contribution in [-0.2, 0) is 0 Å². The quantitative estimate of drug-likeness (QED) is 0.735. The summed E-state index contributed by atoms with van der Waals surface area (Å²) in [5, 5.41) is 2.50. The van der Waals surface area contributed by atoms with Crippen LogP contribution in [0.5, 0.6) is 0 Å². The molecule has 1 atom stereocenters. The van der Waals surface area contributed by atoms with Gasteiger partial charge in [0.15, 0.2) is 5.82 Å². The number of halogens is 3. The summed E-state index contributed by atoms with van der Waals surface area (Å²) in [6.07, 6.45) is 4.25. The van der Waals surface area contributed by atoms with E-state index in [1.165, 1.54) is 31.6 Å². The number of alkyl halides is 3. The fraction of sp³-hybridized carbons (Fsp3) is 0.278. The van der Waals surface area contributed by atoms with E-state index in [1.54, 1.807) is 6.92 Å². The molecule has 0 aliphatic carbocycles. The predicted molar refractivity (Wildman–Crippen MR) is 96.3 cm³/mol. The van der Waals surface area contributed by atoms with Crippen molar-refractivity contribution in [3.05, 3.63) is 64.5 Å². The zero-order valence-electron chi connectivity index (χ0n) is 15.1. The van der Waals surface area contributed by atoms with Gasteiger partial charge in [-0.25, -0.2) is 9.97 Å². The lowest BCUT2D eigenvalue weighted by Crippen LogP contribution is -2.32. The highest BCUT2D eigenvalue weighted by atomic mass is 19.4. The Morgan fingerprint density at radius 2 is 2.04 bits per heavy atom. The Labute approximate surface area is 158 Å². The molecule has 0 spiro atoms. The van der Waals surface area contributed by atoms with E-state index in [0.29, 0.717) is 5.69 Å². The molecule has 2 aromatic heterocycles. The second kappa shape index (κ2) is 9.07. The van der Waals surface area contributed by atoms with E-state index in [0.717, 1.165) is 18.3 Å². The molecule has 0 saturated carbocycles. The molecule has 0 fully saturated rings. The van der Waals surface area contributed by atoms with Crippen molar-refractivity contribution in [2.24, 2.45) is 5.92 Å². The lowest BCUT2D eigenvalue weighted by Gasteiger charge is -2.10. The van der Waals surface area contributed by atoms with Crippen molar-refractivity contribution < 1.29 is 18.0 Å². The minimum Gasteiger partial charge on any atom is -0.351 e. The molecule has 148 valence electrons. The fourth-order valence-corrected chi connectivity index (χ4v) is 2.15. The first-order valence-corrected chi connectivity index (χ1v) is 8.28. The Kier molecular flexibility index (Phi) is 6.80. The van der Waals surface area contributed by atoms with Gasteiger partial charge in [-0.05, 0) is 12.8 Å². The van der Waals surface area contributed by atoms with Crippen molar-refractivity contribution >= 4 is 5.91 Å². The second-order valence-corrected chi connectivity index (χ2v) is 5.85. The first kappa shape index (κ1) is 21.0. The van der Waals surface area contributed by atoms with Crippen LogP contribution in [0.3, 0.4) is 0 Å². The average molecular weight is 393 g/mol. The van der Waals surface area contributed by atoms with E-state index < -0.39 is 23.2 Å². The maximum absolute atomic E-state index is 12.7. The van der Waals surface area contributed by atoms with Crippen LogP contribution in [0.2, 0.25) is 0 Å². The highest BCUT2D eigenvalue weighted by Crippen LogP contribution is 2.26. The monoisotopic (exact) mass is 393 g/mol. The number of aromatic amines is 1. The van der Waals surface area contributed by atoms with Crippen molar-refractivity contribution in [3.8, 4) is 11.5 Å². The number of nitrogens with zero attached hydrogens (tertiary/aromatic N) is 3. The molecule has 0 aliphatic rings. The predicted octanol–water partition coefficient (Wildman–Crippen LogP) is 2.66. The summed E-state index contributed by atoms with van der Waals surface area (Å²) < 4.78 is 38.0. The maximum atomic E-state index is 12.7. The van der Waals surface area contributed by atoms with Crippen molar-refractivity contribution in [2.75, 3.05) is 6.54 Å². The summed E-state index contributed by atoms with van der Waals surface area (Å²) in [5.41, 5.74) is -1.31. The number of hydrogen-bond donors (Lipinski definition) is 2. The molecule has 2 rings (SSSR count). The SMILES string of the molecule is C/C=C(\C=C/C(C)CNC(=O)c1cnc(-c2cnccn2)[nH]c1=O)C(F)(F)F. The number of nitrogens with one attached hydrogen (secondary N) is 2. The molecule has 0 saturated heterocycles. The van der Waals surface area contributed by atoms with Crippen molar-refractivity contribution in [3.63, 3.8) is 0 Å². The third-order valence-electron chi connectivity index (χ3n) is 3.68. The minimum atomic E-state index is -4.43. The van der Waals surface area contributed by atoms with Crippen molar-refractivity contribution in [1.82, 2.24) is 25.3 Å². The Bertz CT molecular complexity index is 936. The van der Waals surface area contributed by atoms with E-state index in [1.807, 2.05) is 0 Å². The smallest absolute Gasteiger partial charge is 0.351 e. The molecule has 0 aliphatic heterocycles. The van der Waals surface area contributed by atoms with E-state index in [4.69, 9.17) is 0 Å². The number of carbonyl (C=O) groups is 1. The topological polar surface area (TPSA) is 101 Å². The molecule has 0 aromatic carbocycles. The zero-order chi connectivity index (χ0) is 20.7. The molecule has 7 nitrogen and oxygen atoms in total. The molecule has 1 unspecified atom stereocenters. The first-order chi connectivity index (χ1) is 13.2. The van der Waals surface area contributed by atoms with E-state index in [2.05, 4.69) is 25.3 Å². The van der Waals surface area contributed by atoms with Crippen LogP contribution < -0.4 is 10.9 Å². The van der Waals surface area contributed by atoms with Gasteiger partial charge in [-0.1, -0.05) is 25.2 Å². The van der Waals surface area contributed by atoms with Gasteiger partial charge in [0, 0.05) is 25.1 Å². The van der Waals surface area contributed by atoms with Gasteiger partial charge in [-0.15, -0.1) is 0 Å². The molecule has 1 amide bonds. The summed E-state index contributed by atoms with van der Waals surface area (Å²) in [7, 11) is 0. The van der Waals surface area contributed by atoms with Gasteiger partial charge in [0.2, 0.25) is 0 Å². The largest absolute Gasteiger partial charge is 0.416 e. The first-order valence-electron chi connectivity index (χ1n) is 8.28. The summed E-state index contributed by atoms with van der Waals surface area (Å²) in [6.45, 7) is 2.99. The van der Waals surface area contributed by atoms with Crippen LogP contribution in [0.25, 0.3) is 11.5 Å². The fourth-order valence-electron chi connectivity index (χ4n) is 2.15. The molecule has 0 radical (unpaired) electrons. The van der Waals surface area contributed by atoms with Gasteiger partial charge in [-0.2, -0.15) is 13.2 Å². The molecular formula is C18H18F3N5O2. The van der Waals surface area contributed by atoms with Gasteiger partial charge >= 0.3 is 6.18 Å². The van der Waals surface area contributed by atoms with E-state index in [-0.39, 0.29) is 23.9 Å². The van der Waals surface area contributed by atoms with Crippen molar-refractivity contribution in [1.29, 1.82) is 0 Å². The Hall–Kier alpha value is -3.30. The minimum absolute atomic E-state index is 0.0511. The van der Waals surface area contributed by atoms with Gasteiger partial charge < -0.3 is 10.3 Å². The number of amides is 1. The standard InChI is InChI=1S/C18H18F3N5O2/c1-3-12(18(19,20)21)5-4-11(2)8-25-16(27)13-9-24-15(26-17(13)28)14-10-22-6-7-23-14/h3-7,9-11H,8H2,1-2H3,(H,25,27)(H,24,26,28)/b5-4-,12-3+. The summed E-state index contributed by atoms with van der Waals surface area (Å²) in [6, 6.07) is 0. The number of allylic oxidation sites excluding steroid dienone is 3. The number of H-pyrrole nitrogens is 1. The Morgan fingerprint density at radius 3 is 2.61 bits per heavy atom. The van der Waals surface area contributed by atoms with Crippen LogP contribution in [0.1, 0.15) is 24.2 Å². The molecule has 2 aromatic rings. The molecule has 2 N–H and O–H groups in total. The summed E-state index contributed by atoms with van der Waals surface area (Å²) >= 11 is 0. The average Bonchev–Trinajstić information content (AvgIpc) is 2.66. The van der Waals surface area contributed by atoms with Crippen LogP contribution in [0, 0.1) is 5.92 Å². The van der Waals surface area contributed by atoms with Gasteiger partial charge in [0.1, 0.15) is 11.3 Å². The zero-order valence-corrected chi connectivity index (χ0v) is 15.1. The van der Waals surface area contributed by atoms with Crippen LogP contribution >= 0.6 is 0 Å². The molecular weight excluding hydrogens is 375 g/mol. The van der Waals surface area contributed by atoms with E-state index >= 15 is 0 Å². The number of rotatable bonds is 6. The second-order valence-electron chi connectivity index (χ2n) is 5.85. The van der Waals surface area contributed by atoms with Crippen molar-refractivity contribution in [2.45, 2.75) is 20.0 Å². The summed E-state index contributed by atoms with van der Waals surface area (Å²) in [4.78, 5) is 38.6. The highest BCUT2D eigenvalue weighted by molar-refractivity contribution is 5.93. The third-order valence-corrected chi connectivity index (χ3v) is 3.68. The third kappa shape index (κ3) is 5.60. The van der Waals surface area contributed by atoms with Gasteiger partial charge in [0.25, 0.3) is 11.5 Å². The maximum Gasteiger partial charge on any atom is 0.416 e. The number of aromatic nitrogens is 4. The molecule has 28 heavy (non-hydrogen) atoms. The lowest BCUT2D eigenvalue weighted by molar-refractivity contribution is -0.0883.